The van der Waals surface area contributed by atoms with Gasteiger partial charge in [-0.1, -0.05) is 85.1 Å². The van der Waals surface area contributed by atoms with Crippen LogP contribution < -0.4 is 16.3 Å². The molecule has 8 nitrogen and oxygen atoms in total. The summed E-state index contributed by atoms with van der Waals surface area (Å²) in [6.45, 7) is 0. The Morgan fingerprint density at radius 3 is 1.97 bits per heavy atom. The molecule has 10 heteroatoms. The van der Waals surface area contributed by atoms with Crippen LogP contribution in [0.4, 0.5) is 0 Å². The summed E-state index contributed by atoms with van der Waals surface area (Å²) in [5, 5.41) is 13.3. The molecular weight excluding hydrogens is 460 g/mol. The molecule has 0 saturated heterocycles. The van der Waals surface area contributed by atoms with E-state index in [-0.39, 0.29) is 11.5 Å². The number of amides is 1. The van der Waals surface area contributed by atoms with E-state index in [1.165, 1.54) is 10.0 Å². The number of aliphatic hydroxyl groups excluding tert-OH is 1. The number of rotatable bonds is 6. The Bertz CT molecular complexity index is 1200. The molecule has 0 spiro atoms. The highest BCUT2D eigenvalue weighted by molar-refractivity contribution is 7.80. The lowest BCUT2D eigenvalue weighted by Crippen LogP contribution is -2.43. The van der Waals surface area contributed by atoms with Crippen molar-refractivity contribution in [1.29, 1.82) is 0 Å². The summed E-state index contributed by atoms with van der Waals surface area (Å²) >= 11 is 10.8. The highest BCUT2D eigenvalue weighted by Gasteiger charge is 2.20. The number of hydrazine groups is 2. The maximum absolute atomic E-state index is 12.7. The quantitative estimate of drug-likeness (QED) is 0.278. The smallest absolute Gasteiger partial charge is 0.305 e. The van der Waals surface area contributed by atoms with E-state index in [2.05, 4.69) is 10.9 Å². The summed E-state index contributed by atoms with van der Waals surface area (Å²) in [5.74, 6) is -1.13. The molecule has 2 aromatic carbocycles. The first kappa shape index (κ1) is 24.2. The lowest BCUT2D eigenvalue weighted by molar-refractivity contribution is 0.0593. The van der Waals surface area contributed by atoms with E-state index in [0.29, 0.717) is 9.98 Å². The van der Waals surface area contributed by atoms with Crippen LogP contribution in [-0.2, 0) is 0 Å². The van der Waals surface area contributed by atoms with Crippen molar-refractivity contribution in [2.75, 3.05) is 14.1 Å². The maximum atomic E-state index is 12.7. The van der Waals surface area contributed by atoms with Crippen LogP contribution in [0.1, 0.15) is 33.7 Å². The number of aliphatic hydroxyl groups is 1. The van der Waals surface area contributed by atoms with E-state index in [4.69, 9.17) is 28.9 Å². The first-order chi connectivity index (χ1) is 15.8. The number of carbonyl (C=O) groups excluding carboxylic acids is 1. The molecule has 0 aliphatic carbocycles. The summed E-state index contributed by atoms with van der Waals surface area (Å²) in [7, 11) is 3.19. The predicted molar refractivity (Wildman–Crippen MR) is 132 cm³/mol. The Labute approximate surface area is 201 Å². The second-order valence-corrected chi connectivity index (χ2v) is 7.77. The van der Waals surface area contributed by atoms with E-state index in [1.54, 1.807) is 14.1 Å². The van der Waals surface area contributed by atoms with Crippen molar-refractivity contribution in [2.45, 2.75) is 6.23 Å². The van der Waals surface area contributed by atoms with E-state index < -0.39 is 17.6 Å². The van der Waals surface area contributed by atoms with Crippen LogP contribution in [-0.4, -0.2) is 45.1 Å². The summed E-state index contributed by atoms with van der Waals surface area (Å²) in [5.41, 5.74) is 6.27. The van der Waals surface area contributed by atoms with Crippen molar-refractivity contribution in [3.8, 4) is 0 Å². The van der Waals surface area contributed by atoms with Crippen LogP contribution in [0, 0.1) is 0 Å². The lowest BCUT2D eigenvalue weighted by atomic mass is 10.2. The van der Waals surface area contributed by atoms with Gasteiger partial charge in [-0.25, -0.2) is 0 Å². The molecule has 0 radical (unpaired) electrons. The highest BCUT2D eigenvalue weighted by Crippen LogP contribution is 2.13. The molecule has 33 heavy (non-hydrogen) atoms. The third-order valence-corrected chi connectivity index (χ3v) is 5.53. The van der Waals surface area contributed by atoms with Gasteiger partial charge >= 0.3 is 5.91 Å². The van der Waals surface area contributed by atoms with Gasteiger partial charge in [-0.15, -0.1) is 0 Å². The van der Waals surface area contributed by atoms with E-state index in [9.17, 15) is 14.7 Å². The van der Waals surface area contributed by atoms with Gasteiger partial charge < -0.3 is 9.52 Å². The fraction of sp³-hybridized carbons (Fsp3) is 0.130. The molecule has 3 aromatic rings. The van der Waals surface area contributed by atoms with Crippen molar-refractivity contribution in [3.63, 3.8) is 0 Å². The van der Waals surface area contributed by atoms with Gasteiger partial charge in [-0.05, 0) is 0 Å². The van der Waals surface area contributed by atoms with Gasteiger partial charge in [-0.3, -0.25) is 25.0 Å². The number of hydrogen-bond donors (Lipinski definition) is 3. The number of nitrogens with one attached hydrogen (secondary N) is 2. The van der Waals surface area contributed by atoms with Crippen LogP contribution >= 0.6 is 24.4 Å². The molecule has 0 saturated carbocycles. The zero-order chi connectivity index (χ0) is 24.0. The summed E-state index contributed by atoms with van der Waals surface area (Å²) in [4.78, 5) is 25.6. The molecule has 0 bridgehead atoms. The van der Waals surface area contributed by atoms with Crippen LogP contribution in [0.3, 0.4) is 0 Å². The predicted octanol–water partition coefficient (Wildman–Crippen LogP) is 2.40. The first-order valence-electron chi connectivity index (χ1n) is 9.83. The van der Waals surface area contributed by atoms with Crippen molar-refractivity contribution in [1.82, 2.24) is 20.9 Å². The van der Waals surface area contributed by atoms with Gasteiger partial charge in [0.25, 0.3) is 0 Å². The third kappa shape index (κ3) is 6.30. The molecule has 0 aliphatic heterocycles. The maximum Gasteiger partial charge on any atom is 0.305 e. The van der Waals surface area contributed by atoms with Gasteiger partial charge in [0.05, 0.1) is 0 Å². The van der Waals surface area contributed by atoms with E-state index >= 15 is 0 Å². The Morgan fingerprint density at radius 2 is 1.42 bits per heavy atom. The fourth-order valence-electron chi connectivity index (χ4n) is 2.86. The van der Waals surface area contributed by atoms with E-state index in [1.807, 2.05) is 60.7 Å². The minimum atomic E-state index is -1.43. The average Bonchev–Trinajstić information content (AvgIpc) is 2.83. The molecule has 0 aliphatic rings. The van der Waals surface area contributed by atoms with Crippen molar-refractivity contribution in [3.05, 3.63) is 106 Å². The number of hydrogen-bond acceptors (Lipinski definition) is 7. The van der Waals surface area contributed by atoms with Gasteiger partial charge in [0.1, 0.15) is 9.98 Å². The van der Waals surface area contributed by atoms with Gasteiger partial charge in [0.15, 0.2) is 23.2 Å². The largest absolute Gasteiger partial charge is 0.451 e. The van der Waals surface area contributed by atoms with Gasteiger partial charge in [0, 0.05) is 37.4 Å². The second-order valence-electron chi connectivity index (χ2n) is 6.99. The van der Waals surface area contributed by atoms with Crippen LogP contribution in [0.2, 0.25) is 0 Å². The highest BCUT2D eigenvalue weighted by atomic mass is 32.1. The summed E-state index contributed by atoms with van der Waals surface area (Å²) in [6.07, 6.45) is -1.43. The van der Waals surface area contributed by atoms with Crippen molar-refractivity contribution in [2.24, 2.45) is 0 Å². The zero-order valence-corrected chi connectivity index (χ0v) is 19.5. The Morgan fingerprint density at radius 1 is 0.909 bits per heavy atom. The molecule has 1 amide bonds. The normalized spacial score (nSPS) is 11.4. The number of carbonyl (C=O) groups is 1. The van der Waals surface area contributed by atoms with Crippen molar-refractivity contribution >= 4 is 40.3 Å². The molecule has 0 fully saturated rings. The molecule has 1 heterocycles. The number of benzene rings is 2. The van der Waals surface area contributed by atoms with Crippen molar-refractivity contribution < 1.29 is 14.3 Å². The first-order valence-corrected chi connectivity index (χ1v) is 10.6. The average molecular weight is 483 g/mol. The molecule has 1 atom stereocenters. The van der Waals surface area contributed by atoms with Crippen LogP contribution in [0.25, 0.3) is 0 Å². The lowest BCUT2D eigenvalue weighted by Gasteiger charge is -2.24. The molecule has 1 aromatic heterocycles. The second kappa shape index (κ2) is 10.9. The monoisotopic (exact) mass is 482 g/mol. The standard InChI is InChI=1S/C23H22N4O4S2/c1-26(22(32)15-9-5-3-6-10-15)24-20(29)18-13-17(28)14-19(31-18)21(30)25-27(2)23(33)16-11-7-4-8-12-16/h3-14,20,24,29H,1-2H3,(H,25,30). The minimum Gasteiger partial charge on any atom is -0.451 e. The van der Waals surface area contributed by atoms with Crippen LogP contribution in [0.5, 0.6) is 0 Å². The molecule has 3 rings (SSSR count). The third-order valence-electron chi connectivity index (χ3n) is 4.51. The Kier molecular flexibility index (Phi) is 8.01. The Hall–Kier alpha value is -3.44. The molecular formula is C23H22N4O4S2. The van der Waals surface area contributed by atoms with E-state index in [0.717, 1.165) is 23.3 Å². The zero-order valence-electron chi connectivity index (χ0n) is 17.9. The van der Waals surface area contributed by atoms with Gasteiger partial charge in [-0.2, -0.15) is 5.43 Å². The molecule has 3 N–H and O–H groups in total. The topological polar surface area (TPSA) is 98.0 Å². The minimum absolute atomic E-state index is 0.149. The Balaban J connectivity index is 1.70. The summed E-state index contributed by atoms with van der Waals surface area (Å²) < 4.78 is 5.49. The number of nitrogens with zero attached hydrogens (tertiary/aromatic N) is 2. The molecule has 1 unspecified atom stereocenters. The summed E-state index contributed by atoms with van der Waals surface area (Å²) in [6, 6.07) is 20.5. The molecule has 170 valence electrons. The SMILES string of the molecule is CN(NC(=O)c1cc(=O)cc(C(O)NN(C)C(=S)c2ccccc2)o1)C(=S)c1ccccc1. The number of thiocarbonyl (C=S) groups is 2. The fourth-order valence-corrected chi connectivity index (χ4v) is 3.23. The van der Waals surface area contributed by atoms with Crippen LogP contribution in [0.15, 0.2) is 82.0 Å². The van der Waals surface area contributed by atoms with Gasteiger partial charge in [0.2, 0.25) is 0 Å².